The van der Waals surface area contributed by atoms with Crippen LogP contribution in [0.15, 0.2) is 30.3 Å². The molecule has 1 aromatic rings. The summed E-state index contributed by atoms with van der Waals surface area (Å²) in [7, 11) is 0. The lowest BCUT2D eigenvalue weighted by Gasteiger charge is -2.42. The number of ether oxygens (including phenoxy) is 2. The van der Waals surface area contributed by atoms with E-state index in [1.807, 2.05) is 30.3 Å². The zero-order valence-electron chi connectivity index (χ0n) is 16.1. The monoisotopic (exact) mass is 359 g/mol. The van der Waals surface area contributed by atoms with E-state index in [1.54, 1.807) is 6.92 Å². The number of hydrogen-bond acceptors (Lipinski definition) is 4. The predicted molar refractivity (Wildman–Crippen MR) is 98.3 cm³/mol. The van der Waals surface area contributed by atoms with Gasteiger partial charge in [0.2, 0.25) is 0 Å². The van der Waals surface area contributed by atoms with Crippen LogP contribution in [0.5, 0.6) is 0 Å². The van der Waals surface area contributed by atoms with Gasteiger partial charge < -0.3 is 14.8 Å². The minimum atomic E-state index is -0.739. The van der Waals surface area contributed by atoms with E-state index < -0.39 is 18.1 Å². The van der Waals surface area contributed by atoms with Gasteiger partial charge in [-0.05, 0) is 37.7 Å². The van der Waals surface area contributed by atoms with E-state index in [4.69, 9.17) is 9.47 Å². The van der Waals surface area contributed by atoms with Gasteiger partial charge in [0.25, 0.3) is 0 Å². The van der Waals surface area contributed by atoms with Crippen LogP contribution in [-0.4, -0.2) is 24.2 Å². The van der Waals surface area contributed by atoms with Crippen LogP contribution in [0.1, 0.15) is 52.5 Å². The van der Waals surface area contributed by atoms with Crippen molar-refractivity contribution in [2.75, 3.05) is 0 Å². The highest BCUT2D eigenvalue weighted by atomic mass is 16.6. The molecule has 0 saturated heterocycles. The molecule has 3 rings (SSSR count). The van der Waals surface area contributed by atoms with Crippen molar-refractivity contribution in [3.05, 3.63) is 35.9 Å². The van der Waals surface area contributed by atoms with Gasteiger partial charge in [0.15, 0.2) is 0 Å². The Balaban J connectivity index is 1.51. The van der Waals surface area contributed by atoms with Gasteiger partial charge >= 0.3 is 12.1 Å². The SMILES string of the molecule is C[C@@H](NC(=O)OCc1ccccc1)C(=O)OC1C2(C)CCC(C2)C1(C)C. The summed E-state index contributed by atoms with van der Waals surface area (Å²) in [5, 5.41) is 2.57. The van der Waals surface area contributed by atoms with Crippen molar-refractivity contribution in [2.24, 2.45) is 16.7 Å². The summed E-state index contributed by atoms with van der Waals surface area (Å²) < 4.78 is 11.1. The lowest BCUT2D eigenvalue weighted by molar-refractivity contribution is -0.166. The lowest BCUT2D eigenvalue weighted by atomic mass is 9.70. The van der Waals surface area contributed by atoms with Crippen LogP contribution in [0.2, 0.25) is 0 Å². The van der Waals surface area contributed by atoms with Gasteiger partial charge in [-0.2, -0.15) is 0 Å². The molecule has 4 atom stereocenters. The van der Waals surface area contributed by atoms with Crippen LogP contribution in [0, 0.1) is 16.7 Å². The molecule has 2 aliphatic rings. The highest BCUT2D eigenvalue weighted by molar-refractivity contribution is 5.81. The Bertz CT molecular complexity index is 667. The van der Waals surface area contributed by atoms with Crippen LogP contribution >= 0.6 is 0 Å². The molecule has 26 heavy (non-hydrogen) atoms. The minimum Gasteiger partial charge on any atom is -0.460 e. The van der Waals surface area contributed by atoms with Gasteiger partial charge in [0, 0.05) is 10.8 Å². The Morgan fingerprint density at radius 2 is 1.92 bits per heavy atom. The number of alkyl carbamates (subject to hydrolysis) is 1. The molecule has 2 aliphatic carbocycles. The number of fused-ring (bicyclic) bond motifs is 2. The van der Waals surface area contributed by atoms with Crippen molar-refractivity contribution in [1.29, 1.82) is 0 Å². The van der Waals surface area contributed by atoms with Gasteiger partial charge in [-0.25, -0.2) is 9.59 Å². The first-order chi connectivity index (χ1) is 12.2. The van der Waals surface area contributed by atoms with Crippen LogP contribution in [-0.2, 0) is 20.9 Å². The van der Waals surface area contributed by atoms with Crippen molar-refractivity contribution in [1.82, 2.24) is 5.32 Å². The quantitative estimate of drug-likeness (QED) is 0.805. The van der Waals surface area contributed by atoms with Gasteiger partial charge in [0.1, 0.15) is 18.8 Å². The molecule has 2 fully saturated rings. The largest absolute Gasteiger partial charge is 0.460 e. The molecule has 5 heteroatoms. The van der Waals surface area contributed by atoms with Gasteiger partial charge in [-0.3, -0.25) is 0 Å². The molecule has 0 radical (unpaired) electrons. The van der Waals surface area contributed by atoms with Crippen molar-refractivity contribution < 1.29 is 19.1 Å². The fourth-order valence-electron chi connectivity index (χ4n) is 4.77. The van der Waals surface area contributed by atoms with Crippen LogP contribution < -0.4 is 5.32 Å². The third-order valence-corrected chi connectivity index (χ3v) is 6.27. The summed E-state index contributed by atoms with van der Waals surface area (Å²) in [4.78, 5) is 24.5. The van der Waals surface area contributed by atoms with Gasteiger partial charge in [-0.15, -0.1) is 0 Å². The smallest absolute Gasteiger partial charge is 0.408 e. The van der Waals surface area contributed by atoms with E-state index >= 15 is 0 Å². The van der Waals surface area contributed by atoms with Gasteiger partial charge in [0.05, 0.1) is 0 Å². The first-order valence-electron chi connectivity index (χ1n) is 9.40. The molecular weight excluding hydrogens is 330 g/mol. The topological polar surface area (TPSA) is 64.6 Å². The zero-order chi connectivity index (χ0) is 18.9. The van der Waals surface area contributed by atoms with E-state index in [-0.39, 0.29) is 23.5 Å². The second kappa shape index (κ2) is 6.93. The fraction of sp³-hybridized carbons (Fsp3) is 0.619. The normalized spacial score (nSPS) is 29.8. The fourth-order valence-corrected chi connectivity index (χ4v) is 4.77. The number of nitrogens with one attached hydrogen (secondary N) is 1. The summed E-state index contributed by atoms with van der Waals surface area (Å²) >= 11 is 0. The summed E-state index contributed by atoms with van der Waals surface area (Å²) in [5.41, 5.74) is 0.933. The maximum absolute atomic E-state index is 12.5. The highest BCUT2D eigenvalue weighted by Gasteiger charge is 2.61. The molecule has 5 nitrogen and oxygen atoms in total. The highest BCUT2D eigenvalue weighted by Crippen LogP contribution is 2.63. The molecule has 0 aliphatic heterocycles. The Morgan fingerprint density at radius 3 is 2.54 bits per heavy atom. The number of carbonyl (C=O) groups excluding carboxylic acids is 2. The van der Waals surface area contributed by atoms with Crippen LogP contribution in [0.3, 0.4) is 0 Å². The summed E-state index contributed by atoms with van der Waals surface area (Å²) in [6.07, 6.45) is 2.69. The number of amides is 1. The maximum Gasteiger partial charge on any atom is 0.408 e. The second-order valence-electron chi connectivity index (χ2n) is 8.66. The van der Waals surface area contributed by atoms with E-state index in [9.17, 15) is 9.59 Å². The Hall–Kier alpha value is -2.04. The number of benzene rings is 1. The number of hydrogen-bond donors (Lipinski definition) is 1. The average molecular weight is 359 g/mol. The molecule has 0 aromatic heterocycles. The molecule has 0 spiro atoms. The maximum atomic E-state index is 12.5. The molecule has 142 valence electrons. The molecule has 0 heterocycles. The Morgan fingerprint density at radius 1 is 1.23 bits per heavy atom. The second-order valence-corrected chi connectivity index (χ2v) is 8.66. The molecule has 1 N–H and O–H groups in total. The third kappa shape index (κ3) is 3.57. The first kappa shape index (κ1) is 18.7. The summed E-state index contributed by atoms with van der Waals surface area (Å²) in [6.45, 7) is 8.39. The average Bonchev–Trinajstić information content (AvgIpc) is 3.08. The van der Waals surface area contributed by atoms with Gasteiger partial charge in [-0.1, -0.05) is 51.1 Å². The van der Waals surface area contributed by atoms with Crippen molar-refractivity contribution in [2.45, 2.75) is 65.7 Å². The van der Waals surface area contributed by atoms with Crippen molar-refractivity contribution >= 4 is 12.1 Å². The molecule has 1 amide bonds. The van der Waals surface area contributed by atoms with E-state index in [0.29, 0.717) is 5.92 Å². The van der Waals surface area contributed by atoms with E-state index in [1.165, 1.54) is 6.42 Å². The standard InChI is InChI=1S/C21H29NO4/c1-14(22-19(24)25-13-15-8-6-5-7-9-15)17(23)26-18-20(2,3)16-10-11-21(18,4)12-16/h5-9,14,16,18H,10-13H2,1-4H3,(H,22,24)/t14-,16?,18?,21?/m1/s1. The third-order valence-electron chi connectivity index (χ3n) is 6.27. The van der Waals surface area contributed by atoms with Crippen molar-refractivity contribution in [3.63, 3.8) is 0 Å². The molecule has 1 aromatic carbocycles. The van der Waals surface area contributed by atoms with E-state index in [2.05, 4.69) is 26.1 Å². The number of rotatable bonds is 5. The predicted octanol–water partition coefficient (Wildman–Crippen LogP) is 4.06. The number of carbonyl (C=O) groups is 2. The molecular formula is C21H29NO4. The lowest BCUT2D eigenvalue weighted by Crippen LogP contribution is -2.48. The zero-order valence-corrected chi connectivity index (χ0v) is 16.1. The first-order valence-corrected chi connectivity index (χ1v) is 9.40. The Labute approximate surface area is 155 Å². The molecule has 3 unspecified atom stereocenters. The van der Waals surface area contributed by atoms with E-state index in [0.717, 1.165) is 18.4 Å². The summed E-state index contributed by atoms with van der Waals surface area (Å²) in [5.74, 6) is 0.206. The van der Waals surface area contributed by atoms with Crippen LogP contribution in [0.4, 0.5) is 4.79 Å². The number of esters is 1. The van der Waals surface area contributed by atoms with Crippen LogP contribution in [0.25, 0.3) is 0 Å². The van der Waals surface area contributed by atoms with Crippen molar-refractivity contribution in [3.8, 4) is 0 Å². The Kier molecular flexibility index (Phi) is 5.00. The molecule has 2 bridgehead atoms. The summed E-state index contributed by atoms with van der Waals surface area (Å²) in [6, 6.07) is 8.69. The minimum absolute atomic E-state index is 0.0177. The molecule has 2 saturated carbocycles.